The molecule has 0 amide bonds. The van der Waals surface area contributed by atoms with Crippen LogP contribution in [0, 0.1) is 0 Å². The van der Waals surface area contributed by atoms with Crippen molar-refractivity contribution in [3.63, 3.8) is 0 Å². The minimum absolute atomic E-state index is 0.273. The van der Waals surface area contributed by atoms with E-state index in [-0.39, 0.29) is 5.24 Å². The Balaban J connectivity index is 0.000000338. The SMILES string of the molecule is CCC(=O)Cl.Cn1c(-c2ccc(Cl)cc2)cc2cc(Cl)ccc21. The predicted molar refractivity (Wildman–Crippen MR) is 99.5 cm³/mol. The fraction of sp³-hybridized carbons (Fsp3) is 0.167. The number of hydrogen-bond donors (Lipinski definition) is 0. The highest BCUT2D eigenvalue weighted by Gasteiger charge is 2.07. The quantitative estimate of drug-likeness (QED) is 0.485. The van der Waals surface area contributed by atoms with Crippen molar-refractivity contribution in [2.45, 2.75) is 13.3 Å². The lowest BCUT2D eigenvalue weighted by molar-refractivity contribution is -0.111. The van der Waals surface area contributed by atoms with Gasteiger partial charge in [-0.05, 0) is 53.6 Å². The number of hydrogen-bond acceptors (Lipinski definition) is 1. The lowest BCUT2D eigenvalue weighted by atomic mass is 10.1. The first kappa shape index (κ1) is 17.9. The zero-order valence-electron chi connectivity index (χ0n) is 12.8. The smallest absolute Gasteiger partial charge is 0.221 e. The van der Waals surface area contributed by atoms with E-state index in [0.29, 0.717) is 6.42 Å². The standard InChI is InChI=1S/C15H11Cl2N.C3H5ClO/c1-18-14-7-6-13(17)8-11(14)9-15(18)10-2-4-12(16)5-3-10;1-2-3(4)5/h2-9H,1H3;2H2,1H3. The molecule has 2 aromatic carbocycles. The molecule has 0 saturated carbocycles. The summed E-state index contributed by atoms with van der Waals surface area (Å²) in [6.45, 7) is 1.72. The summed E-state index contributed by atoms with van der Waals surface area (Å²) in [6.07, 6.45) is 0.432. The van der Waals surface area contributed by atoms with E-state index in [1.165, 1.54) is 5.52 Å². The predicted octanol–water partition coefficient (Wildman–Crippen LogP) is 6.31. The number of aromatic nitrogens is 1. The molecule has 0 atom stereocenters. The van der Waals surface area contributed by atoms with Crippen molar-refractivity contribution in [1.82, 2.24) is 4.57 Å². The first-order valence-electron chi connectivity index (χ1n) is 7.11. The molecule has 120 valence electrons. The van der Waals surface area contributed by atoms with Gasteiger partial charge in [0.2, 0.25) is 5.24 Å². The van der Waals surface area contributed by atoms with Crippen molar-refractivity contribution >= 4 is 50.9 Å². The minimum atomic E-state index is -0.273. The average molecular weight is 369 g/mol. The number of benzene rings is 2. The molecule has 0 saturated heterocycles. The Kier molecular flexibility index (Phi) is 6.11. The van der Waals surface area contributed by atoms with Crippen molar-refractivity contribution in [1.29, 1.82) is 0 Å². The van der Waals surface area contributed by atoms with Crippen LogP contribution in [0.5, 0.6) is 0 Å². The van der Waals surface area contributed by atoms with Crippen LogP contribution in [0.2, 0.25) is 10.0 Å². The fourth-order valence-electron chi connectivity index (χ4n) is 2.22. The van der Waals surface area contributed by atoms with Gasteiger partial charge in [0.25, 0.3) is 0 Å². The molecular weight excluding hydrogens is 353 g/mol. The zero-order chi connectivity index (χ0) is 17.0. The first-order valence-corrected chi connectivity index (χ1v) is 8.25. The van der Waals surface area contributed by atoms with Crippen LogP contribution in [0.4, 0.5) is 0 Å². The van der Waals surface area contributed by atoms with E-state index in [2.05, 4.69) is 17.7 Å². The summed E-state index contributed by atoms with van der Waals surface area (Å²) >= 11 is 16.8. The van der Waals surface area contributed by atoms with E-state index in [9.17, 15) is 4.79 Å². The molecule has 0 bridgehead atoms. The number of carbonyl (C=O) groups is 1. The Bertz CT molecular complexity index is 822. The highest BCUT2D eigenvalue weighted by atomic mass is 35.5. The van der Waals surface area contributed by atoms with E-state index < -0.39 is 0 Å². The molecule has 0 N–H and O–H groups in total. The molecule has 0 aliphatic rings. The number of carbonyl (C=O) groups excluding carboxylic acids is 1. The molecule has 0 aliphatic heterocycles. The van der Waals surface area contributed by atoms with Gasteiger partial charge in [-0.3, -0.25) is 4.79 Å². The van der Waals surface area contributed by atoms with E-state index >= 15 is 0 Å². The highest BCUT2D eigenvalue weighted by Crippen LogP contribution is 2.29. The maximum atomic E-state index is 9.58. The molecule has 1 aromatic heterocycles. The van der Waals surface area contributed by atoms with Gasteiger partial charge >= 0.3 is 0 Å². The maximum Gasteiger partial charge on any atom is 0.221 e. The van der Waals surface area contributed by atoms with Crippen LogP contribution >= 0.6 is 34.8 Å². The normalized spacial score (nSPS) is 10.3. The van der Waals surface area contributed by atoms with Crippen molar-refractivity contribution in [2.75, 3.05) is 0 Å². The number of nitrogens with zero attached hydrogens (tertiary/aromatic N) is 1. The van der Waals surface area contributed by atoms with Gasteiger partial charge < -0.3 is 4.57 Å². The topological polar surface area (TPSA) is 22.0 Å². The molecule has 1 heterocycles. The monoisotopic (exact) mass is 367 g/mol. The van der Waals surface area contributed by atoms with Gasteiger partial charge in [0.05, 0.1) is 0 Å². The summed E-state index contributed by atoms with van der Waals surface area (Å²) in [4.78, 5) is 9.58. The molecule has 3 rings (SSSR count). The molecule has 0 radical (unpaired) electrons. The summed E-state index contributed by atoms with van der Waals surface area (Å²) in [5, 5.41) is 2.39. The van der Waals surface area contributed by atoms with Gasteiger partial charge in [-0.25, -0.2) is 0 Å². The Morgan fingerprint density at radius 1 is 1.00 bits per heavy atom. The Morgan fingerprint density at radius 3 is 2.13 bits per heavy atom. The number of fused-ring (bicyclic) bond motifs is 1. The summed E-state index contributed by atoms with van der Waals surface area (Å²) < 4.78 is 2.16. The van der Waals surface area contributed by atoms with Crippen LogP contribution in [0.1, 0.15) is 13.3 Å². The molecular formula is C18H16Cl3NO. The molecule has 3 aromatic rings. The third-order valence-electron chi connectivity index (χ3n) is 3.42. The van der Waals surface area contributed by atoms with E-state index in [0.717, 1.165) is 26.7 Å². The summed E-state index contributed by atoms with van der Waals surface area (Å²) in [6, 6.07) is 15.9. The van der Waals surface area contributed by atoms with Crippen molar-refractivity contribution in [2.24, 2.45) is 7.05 Å². The Morgan fingerprint density at radius 2 is 1.57 bits per heavy atom. The second-order valence-corrected chi connectivity index (χ2v) is 6.30. The summed E-state index contributed by atoms with van der Waals surface area (Å²) in [5.74, 6) is 0. The van der Waals surface area contributed by atoms with Gasteiger partial charge in [0, 0.05) is 40.1 Å². The third-order valence-corrected chi connectivity index (χ3v) is 4.18. The molecule has 23 heavy (non-hydrogen) atoms. The van der Waals surface area contributed by atoms with E-state index in [1.54, 1.807) is 6.92 Å². The Hall–Kier alpha value is -1.48. The highest BCUT2D eigenvalue weighted by molar-refractivity contribution is 6.63. The van der Waals surface area contributed by atoms with Crippen LogP contribution in [0.15, 0.2) is 48.5 Å². The lowest BCUT2D eigenvalue weighted by Crippen LogP contribution is -1.90. The molecule has 0 spiro atoms. The van der Waals surface area contributed by atoms with Crippen LogP contribution in [-0.2, 0) is 11.8 Å². The zero-order valence-corrected chi connectivity index (χ0v) is 15.1. The van der Waals surface area contributed by atoms with Gasteiger partial charge in [-0.2, -0.15) is 0 Å². The second kappa shape index (κ2) is 7.87. The van der Waals surface area contributed by atoms with Crippen LogP contribution in [0.25, 0.3) is 22.2 Å². The number of halogens is 3. The molecule has 0 fully saturated rings. The number of aryl methyl sites for hydroxylation is 1. The minimum Gasteiger partial charge on any atom is -0.344 e. The summed E-state index contributed by atoms with van der Waals surface area (Å²) in [7, 11) is 2.06. The molecule has 5 heteroatoms. The molecule has 0 aliphatic carbocycles. The van der Waals surface area contributed by atoms with Crippen molar-refractivity contribution in [3.05, 3.63) is 58.6 Å². The summed E-state index contributed by atoms with van der Waals surface area (Å²) in [5.41, 5.74) is 3.47. The van der Waals surface area contributed by atoms with Gasteiger partial charge in [0.1, 0.15) is 0 Å². The largest absolute Gasteiger partial charge is 0.344 e. The average Bonchev–Trinajstić information content (AvgIpc) is 2.85. The first-order chi connectivity index (χ1) is 10.9. The van der Waals surface area contributed by atoms with Gasteiger partial charge in [-0.15, -0.1) is 0 Å². The maximum absolute atomic E-state index is 9.58. The van der Waals surface area contributed by atoms with Crippen LogP contribution in [-0.4, -0.2) is 9.81 Å². The third kappa shape index (κ3) is 4.51. The van der Waals surface area contributed by atoms with Crippen molar-refractivity contribution in [3.8, 4) is 11.3 Å². The van der Waals surface area contributed by atoms with Gasteiger partial charge in [0.15, 0.2) is 0 Å². The van der Waals surface area contributed by atoms with Crippen molar-refractivity contribution < 1.29 is 4.79 Å². The van der Waals surface area contributed by atoms with Crippen LogP contribution < -0.4 is 0 Å². The van der Waals surface area contributed by atoms with E-state index in [4.69, 9.17) is 34.8 Å². The van der Waals surface area contributed by atoms with Crippen LogP contribution in [0.3, 0.4) is 0 Å². The van der Waals surface area contributed by atoms with Gasteiger partial charge in [-0.1, -0.05) is 42.3 Å². The Labute approximate surface area is 150 Å². The fourth-order valence-corrected chi connectivity index (χ4v) is 2.52. The molecule has 2 nitrogen and oxygen atoms in total. The van der Waals surface area contributed by atoms with E-state index in [1.807, 2.05) is 42.5 Å². The lowest BCUT2D eigenvalue weighted by Gasteiger charge is -2.04. The number of rotatable bonds is 2. The second-order valence-electron chi connectivity index (χ2n) is 5.01. The molecule has 0 unspecified atom stereocenters.